The lowest BCUT2D eigenvalue weighted by Crippen LogP contribution is -2.23. The lowest BCUT2D eigenvalue weighted by Gasteiger charge is -2.27. The summed E-state index contributed by atoms with van der Waals surface area (Å²) in [5, 5.41) is 11.7. The minimum Gasteiger partial charge on any atom is -0.478 e. The number of nitrogens with zero attached hydrogens (tertiary/aromatic N) is 1. The fourth-order valence-electron chi connectivity index (χ4n) is 1.92. The van der Waals surface area contributed by atoms with Gasteiger partial charge in [0.25, 0.3) is 0 Å². The van der Waals surface area contributed by atoms with E-state index >= 15 is 0 Å². The molecule has 0 bridgehead atoms. The maximum absolute atomic E-state index is 11.3. The van der Waals surface area contributed by atoms with Gasteiger partial charge in [-0.15, -0.1) is 11.3 Å². The Kier molecular flexibility index (Phi) is 4.12. The second kappa shape index (κ2) is 5.63. The second-order valence-electron chi connectivity index (χ2n) is 4.27. The van der Waals surface area contributed by atoms with Gasteiger partial charge in [0.2, 0.25) is 0 Å². The monoisotopic (exact) mass is 295 g/mol. The van der Waals surface area contributed by atoms with E-state index in [4.69, 9.17) is 11.6 Å². The molecule has 0 saturated heterocycles. The summed E-state index contributed by atoms with van der Waals surface area (Å²) in [4.78, 5) is 14.4. The van der Waals surface area contributed by atoms with Crippen LogP contribution in [0.25, 0.3) is 0 Å². The molecule has 2 aromatic rings. The van der Waals surface area contributed by atoms with Crippen molar-refractivity contribution in [2.24, 2.45) is 0 Å². The predicted molar refractivity (Wildman–Crippen MR) is 79.5 cm³/mol. The third kappa shape index (κ3) is 2.91. The minimum atomic E-state index is -0.970. The highest BCUT2D eigenvalue weighted by molar-refractivity contribution is 7.10. The Morgan fingerprint density at radius 3 is 2.74 bits per heavy atom. The molecule has 5 heteroatoms. The first-order valence-electron chi connectivity index (χ1n) is 5.79. The molecule has 0 radical (unpaired) electrons. The molecule has 100 valence electrons. The molecule has 1 N–H and O–H groups in total. The molecule has 0 spiro atoms. The highest BCUT2D eigenvalue weighted by Gasteiger charge is 2.19. The molecule has 0 saturated carbocycles. The van der Waals surface area contributed by atoms with Crippen molar-refractivity contribution >= 4 is 34.6 Å². The van der Waals surface area contributed by atoms with Crippen LogP contribution in [0.1, 0.15) is 28.2 Å². The van der Waals surface area contributed by atoms with E-state index in [0.29, 0.717) is 10.7 Å². The zero-order chi connectivity index (χ0) is 14.0. The Hall–Kier alpha value is -1.52. The summed E-state index contributed by atoms with van der Waals surface area (Å²) in [6, 6.07) is 9.08. The van der Waals surface area contributed by atoms with Crippen molar-refractivity contribution in [3.63, 3.8) is 0 Å². The third-order valence-electron chi connectivity index (χ3n) is 3.10. The number of carbonyl (C=O) groups is 1. The molecule has 1 heterocycles. The van der Waals surface area contributed by atoms with Crippen molar-refractivity contribution in [3.05, 3.63) is 51.2 Å². The van der Waals surface area contributed by atoms with Crippen LogP contribution in [0.3, 0.4) is 0 Å². The van der Waals surface area contributed by atoms with Crippen molar-refractivity contribution < 1.29 is 9.90 Å². The number of thiophene rings is 1. The van der Waals surface area contributed by atoms with Gasteiger partial charge in [0, 0.05) is 16.9 Å². The van der Waals surface area contributed by atoms with E-state index in [1.807, 2.05) is 36.4 Å². The molecule has 0 aliphatic rings. The number of benzene rings is 1. The Balaban J connectivity index is 2.38. The van der Waals surface area contributed by atoms with Crippen LogP contribution in [0.4, 0.5) is 5.69 Å². The summed E-state index contributed by atoms with van der Waals surface area (Å²) in [6.07, 6.45) is 0. The Bertz CT molecular complexity index is 583. The van der Waals surface area contributed by atoms with Gasteiger partial charge in [0.15, 0.2) is 0 Å². The van der Waals surface area contributed by atoms with Crippen LogP contribution >= 0.6 is 22.9 Å². The Morgan fingerprint density at radius 2 is 2.16 bits per heavy atom. The van der Waals surface area contributed by atoms with Crippen LogP contribution in [0.2, 0.25) is 5.02 Å². The summed E-state index contributed by atoms with van der Waals surface area (Å²) >= 11 is 7.52. The number of rotatable bonds is 4. The van der Waals surface area contributed by atoms with Gasteiger partial charge >= 0.3 is 5.97 Å². The van der Waals surface area contributed by atoms with Gasteiger partial charge in [-0.2, -0.15) is 0 Å². The van der Waals surface area contributed by atoms with Crippen molar-refractivity contribution in [2.75, 3.05) is 11.9 Å². The maximum Gasteiger partial charge on any atom is 0.337 e. The van der Waals surface area contributed by atoms with E-state index in [0.717, 1.165) is 0 Å². The lowest BCUT2D eigenvalue weighted by atomic mass is 10.1. The molecule has 0 amide bonds. The number of halogens is 1. The Labute approximate surface area is 121 Å². The number of carboxylic acids is 1. The fourth-order valence-corrected chi connectivity index (χ4v) is 2.91. The van der Waals surface area contributed by atoms with Gasteiger partial charge in [-0.25, -0.2) is 4.79 Å². The summed E-state index contributed by atoms with van der Waals surface area (Å²) in [5.74, 6) is -0.970. The van der Waals surface area contributed by atoms with Crippen LogP contribution in [0.15, 0.2) is 35.7 Å². The minimum absolute atomic E-state index is 0.110. The van der Waals surface area contributed by atoms with Crippen molar-refractivity contribution in [2.45, 2.75) is 13.0 Å². The smallest absolute Gasteiger partial charge is 0.337 e. The van der Waals surface area contributed by atoms with Gasteiger partial charge in [0.05, 0.1) is 17.3 Å². The van der Waals surface area contributed by atoms with Crippen molar-refractivity contribution in [1.29, 1.82) is 0 Å². The first-order valence-corrected chi connectivity index (χ1v) is 7.05. The van der Waals surface area contributed by atoms with Crippen molar-refractivity contribution in [1.82, 2.24) is 0 Å². The topological polar surface area (TPSA) is 40.5 Å². The van der Waals surface area contributed by atoms with E-state index in [9.17, 15) is 9.90 Å². The first-order chi connectivity index (χ1) is 9.00. The molecule has 1 unspecified atom stereocenters. The molecule has 1 atom stereocenters. The van der Waals surface area contributed by atoms with Crippen LogP contribution in [0, 0.1) is 0 Å². The molecular formula is C14H14ClNO2S. The number of carboxylic acid groups (broad SMARTS) is 1. The normalized spacial score (nSPS) is 12.2. The number of anilines is 1. The number of hydrogen-bond acceptors (Lipinski definition) is 3. The molecule has 0 aliphatic heterocycles. The third-order valence-corrected chi connectivity index (χ3v) is 4.38. The van der Waals surface area contributed by atoms with E-state index < -0.39 is 5.97 Å². The highest BCUT2D eigenvalue weighted by Crippen LogP contribution is 2.31. The molecule has 0 aliphatic carbocycles. The quantitative estimate of drug-likeness (QED) is 0.914. The van der Waals surface area contributed by atoms with Gasteiger partial charge in [-0.05, 0) is 36.6 Å². The van der Waals surface area contributed by atoms with Crippen LogP contribution < -0.4 is 4.90 Å². The number of hydrogen-bond donors (Lipinski definition) is 1. The van der Waals surface area contributed by atoms with Crippen LogP contribution in [0.5, 0.6) is 0 Å². The van der Waals surface area contributed by atoms with E-state index in [1.165, 1.54) is 10.9 Å². The summed E-state index contributed by atoms with van der Waals surface area (Å²) in [6.45, 7) is 2.05. The van der Waals surface area contributed by atoms with E-state index in [2.05, 4.69) is 0 Å². The Morgan fingerprint density at radius 1 is 1.42 bits per heavy atom. The molecule has 3 nitrogen and oxygen atoms in total. The molecule has 1 aromatic heterocycles. The van der Waals surface area contributed by atoms with E-state index in [1.54, 1.807) is 23.5 Å². The molecule has 1 aromatic carbocycles. The van der Waals surface area contributed by atoms with Gasteiger partial charge in [-0.3, -0.25) is 0 Å². The van der Waals surface area contributed by atoms with Gasteiger partial charge in [0.1, 0.15) is 0 Å². The standard InChI is InChI=1S/C14H14ClNO2S/c1-9(13-4-3-7-19-13)16(2)12-6-5-10(15)8-11(12)14(17)18/h3-9H,1-2H3,(H,17,18). The zero-order valence-electron chi connectivity index (χ0n) is 10.6. The maximum atomic E-state index is 11.3. The van der Waals surface area contributed by atoms with E-state index in [-0.39, 0.29) is 11.6 Å². The summed E-state index contributed by atoms with van der Waals surface area (Å²) in [5.41, 5.74) is 0.885. The highest BCUT2D eigenvalue weighted by atomic mass is 35.5. The second-order valence-corrected chi connectivity index (χ2v) is 5.68. The molecule has 19 heavy (non-hydrogen) atoms. The SMILES string of the molecule is CC(c1cccs1)N(C)c1ccc(Cl)cc1C(=O)O. The summed E-state index contributed by atoms with van der Waals surface area (Å²) in [7, 11) is 1.89. The zero-order valence-corrected chi connectivity index (χ0v) is 12.2. The fraction of sp³-hybridized carbons (Fsp3) is 0.214. The van der Waals surface area contributed by atoms with Crippen LogP contribution in [-0.2, 0) is 0 Å². The first kappa shape index (κ1) is 13.9. The summed E-state index contributed by atoms with van der Waals surface area (Å²) < 4.78 is 0. The molecule has 2 rings (SSSR count). The molecular weight excluding hydrogens is 282 g/mol. The molecule has 0 fully saturated rings. The average molecular weight is 296 g/mol. The van der Waals surface area contributed by atoms with Crippen LogP contribution in [-0.4, -0.2) is 18.1 Å². The van der Waals surface area contributed by atoms with Crippen molar-refractivity contribution in [3.8, 4) is 0 Å². The largest absolute Gasteiger partial charge is 0.478 e. The van der Waals surface area contributed by atoms with Gasteiger partial charge < -0.3 is 10.0 Å². The predicted octanol–water partition coefficient (Wildman–Crippen LogP) is 4.30. The lowest BCUT2D eigenvalue weighted by molar-refractivity contribution is 0.0697. The average Bonchev–Trinajstić information content (AvgIpc) is 2.90. The van der Waals surface area contributed by atoms with Gasteiger partial charge in [-0.1, -0.05) is 17.7 Å². The number of aromatic carboxylic acids is 1.